The highest BCUT2D eigenvalue weighted by Crippen LogP contribution is 2.00. The number of hydrogen-bond acceptors (Lipinski definition) is 2. The van der Waals surface area contributed by atoms with E-state index in [1.165, 1.54) is 0 Å². The predicted octanol–water partition coefficient (Wildman–Crippen LogP) is 2.62. The molecule has 2 heteroatoms. The van der Waals surface area contributed by atoms with Crippen molar-refractivity contribution in [3.63, 3.8) is 0 Å². The van der Waals surface area contributed by atoms with Crippen molar-refractivity contribution in [3.05, 3.63) is 0 Å². The van der Waals surface area contributed by atoms with Gasteiger partial charge in [-0.2, -0.15) is 0 Å². The first-order valence-corrected chi connectivity index (χ1v) is 4.90. The lowest BCUT2D eigenvalue weighted by Gasteiger charge is -2.13. The van der Waals surface area contributed by atoms with Crippen LogP contribution in [0.5, 0.6) is 0 Å². The van der Waals surface area contributed by atoms with Crippen molar-refractivity contribution in [2.75, 3.05) is 13.2 Å². The molecular weight excluding hydrogens is 152 g/mol. The Kier molecular flexibility index (Phi) is 7.51. The molecule has 0 bridgehead atoms. The quantitative estimate of drug-likeness (QED) is 0.590. The summed E-state index contributed by atoms with van der Waals surface area (Å²) in [6, 6.07) is 0. The maximum Gasteiger partial charge on any atom is 0.0568 e. The summed E-state index contributed by atoms with van der Waals surface area (Å²) in [5, 5.41) is 0. The van der Waals surface area contributed by atoms with E-state index in [0.717, 1.165) is 26.1 Å². The first-order chi connectivity index (χ1) is 5.66. The zero-order valence-electron chi connectivity index (χ0n) is 8.80. The van der Waals surface area contributed by atoms with Crippen LogP contribution in [0.3, 0.4) is 0 Å². The summed E-state index contributed by atoms with van der Waals surface area (Å²) in [6.07, 6.45) is 2.76. The highest BCUT2D eigenvalue weighted by Gasteiger charge is 2.01. The molecule has 1 atom stereocenters. The second-order valence-electron chi connectivity index (χ2n) is 3.39. The van der Waals surface area contributed by atoms with E-state index in [-0.39, 0.29) is 0 Å². The molecule has 0 amide bonds. The van der Waals surface area contributed by atoms with Crippen molar-refractivity contribution < 1.29 is 9.47 Å². The molecule has 0 aromatic carbocycles. The van der Waals surface area contributed by atoms with Gasteiger partial charge in [-0.25, -0.2) is 0 Å². The molecule has 0 radical (unpaired) electrons. The van der Waals surface area contributed by atoms with Crippen LogP contribution in [-0.4, -0.2) is 25.4 Å². The minimum atomic E-state index is 0.336. The monoisotopic (exact) mass is 174 g/mol. The Labute approximate surface area is 76.3 Å². The van der Waals surface area contributed by atoms with Crippen molar-refractivity contribution in [1.82, 2.24) is 0 Å². The minimum Gasteiger partial charge on any atom is -0.379 e. The lowest BCUT2D eigenvalue weighted by atomic mass is 10.3. The molecule has 0 aliphatic rings. The second-order valence-corrected chi connectivity index (χ2v) is 3.39. The molecule has 0 aliphatic carbocycles. The third-order valence-electron chi connectivity index (χ3n) is 1.58. The highest BCUT2D eigenvalue weighted by atomic mass is 16.5. The maximum atomic E-state index is 5.49. The summed E-state index contributed by atoms with van der Waals surface area (Å²) in [4.78, 5) is 0. The average Bonchev–Trinajstić information content (AvgIpc) is 2.00. The highest BCUT2D eigenvalue weighted by molar-refractivity contribution is 4.49. The fourth-order valence-electron chi connectivity index (χ4n) is 0.872. The van der Waals surface area contributed by atoms with Crippen molar-refractivity contribution in [2.45, 2.75) is 52.7 Å². The molecule has 2 nitrogen and oxygen atoms in total. The lowest BCUT2D eigenvalue weighted by molar-refractivity contribution is 0.0161. The first kappa shape index (κ1) is 11.9. The normalized spacial score (nSPS) is 13.8. The maximum absolute atomic E-state index is 5.49. The molecule has 0 saturated heterocycles. The largest absolute Gasteiger partial charge is 0.379 e. The summed E-state index contributed by atoms with van der Waals surface area (Å²) in [5.74, 6) is 0. The number of ether oxygens (including phenoxy) is 2. The summed E-state index contributed by atoms with van der Waals surface area (Å²) in [5.41, 5.74) is 0. The van der Waals surface area contributed by atoms with Gasteiger partial charge in [-0.05, 0) is 33.6 Å². The molecule has 0 N–H and O–H groups in total. The third kappa shape index (κ3) is 8.02. The van der Waals surface area contributed by atoms with Gasteiger partial charge in [-0.3, -0.25) is 0 Å². The molecule has 12 heavy (non-hydrogen) atoms. The standard InChI is InChI=1S/C10H22O2/c1-5-7-12-10(4)6-8-11-9(2)3/h9-10H,5-8H2,1-4H3/t10-/m1/s1. The van der Waals surface area contributed by atoms with Crippen LogP contribution >= 0.6 is 0 Å². The smallest absolute Gasteiger partial charge is 0.0568 e. The Morgan fingerprint density at radius 1 is 1.00 bits per heavy atom. The van der Waals surface area contributed by atoms with Gasteiger partial charge in [-0.15, -0.1) is 0 Å². The third-order valence-corrected chi connectivity index (χ3v) is 1.58. The molecule has 0 saturated carbocycles. The van der Waals surface area contributed by atoms with E-state index < -0.39 is 0 Å². The van der Waals surface area contributed by atoms with Crippen molar-refractivity contribution in [2.24, 2.45) is 0 Å². The summed E-state index contributed by atoms with van der Waals surface area (Å²) >= 11 is 0. The van der Waals surface area contributed by atoms with E-state index in [4.69, 9.17) is 9.47 Å². The molecule has 0 fully saturated rings. The van der Waals surface area contributed by atoms with Crippen LogP contribution in [-0.2, 0) is 9.47 Å². The summed E-state index contributed by atoms with van der Waals surface area (Å²) in [6.45, 7) is 10.00. The van der Waals surface area contributed by atoms with Gasteiger partial charge in [0.15, 0.2) is 0 Å². The Hall–Kier alpha value is -0.0800. The van der Waals surface area contributed by atoms with Gasteiger partial charge in [0.25, 0.3) is 0 Å². The van der Waals surface area contributed by atoms with Gasteiger partial charge < -0.3 is 9.47 Å². The SMILES string of the molecule is CCCO[C@H](C)CCOC(C)C. The molecule has 0 aromatic rings. The molecule has 0 spiro atoms. The minimum absolute atomic E-state index is 0.336. The van der Waals surface area contributed by atoms with Gasteiger partial charge in [0.05, 0.1) is 12.2 Å². The Balaban J connectivity index is 3.13. The van der Waals surface area contributed by atoms with E-state index in [1.54, 1.807) is 0 Å². The van der Waals surface area contributed by atoms with Gasteiger partial charge in [-0.1, -0.05) is 6.92 Å². The Morgan fingerprint density at radius 3 is 2.17 bits per heavy atom. The fraction of sp³-hybridized carbons (Fsp3) is 1.00. The van der Waals surface area contributed by atoms with Crippen LogP contribution in [0.1, 0.15) is 40.5 Å². The van der Waals surface area contributed by atoms with E-state index in [2.05, 4.69) is 27.7 Å². The predicted molar refractivity (Wildman–Crippen MR) is 51.4 cm³/mol. The molecular formula is C10H22O2. The fourth-order valence-corrected chi connectivity index (χ4v) is 0.872. The van der Waals surface area contributed by atoms with Crippen molar-refractivity contribution in [3.8, 4) is 0 Å². The van der Waals surface area contributed by atoms with Crippen LogP contribution in [0.2, 0.25) is 0 Å². The molecule has 0 aromatic heterocycles. The van der Waals surface area contributed by atoms with Crippen LogP contribution in [0.4, 0.5) is 0 Å². The average molecular weight is 174 g/mol. The van der Waals surface area contributed by atoms with Gasteiger partial charge in [0.1, 0.15) is 0 Å². The zero-order valence-corrected chi connectivity index (χ0v) is 8.80. The van der Waals surface area contributed by atoms with E-state index in [9.17, 15) is 0 Å². The van der Waals surface area contributed by atoms with Crippen molar-refractivity contribution in [1.29, 1.82) is 0 Å². The second kappa shape index (κ2) is 7.56. The topological polar surface area (TPSA) is 18.5 Å². The molecule has 0 rings (SSSR count). The van der Waals surface area contributed by atoms with E-state index >= 15 is 0 Å². The molecule has 0 aliphatic heterocycles. The van der Waals surface area contributed by atoms with E-state index in [1.807, 2.05) is 0 Å². The van der Waals surface area contributed by atoms with Gasteiger partial charge in [0.2, 0.25) is 0 Å². The summed E-state index contributed by atoms with van der Waals surface area (Å²) in [7, 11) is 0. The van der Waals surface area contributed by atoms with Gasteiger partial charge >= 0.3 is 0 Å². The van der Waals surface area contributed by atoms with E-state index in [0.29, 0.717) is 12.2 Å². The molecule has 74 valence electrons. The van der Waals surface area contributed by atoms with Crippen LogP contribution in [0.15, 0.2) is 0 Å². The van der Waals surface area contributed by atoms with Crippen LogP contribution in [0, 0.1) is 0 Å². The van der Waals surface area contributed by atoms with Crippen LogP contribution < -0.4 is 0 Å². The number of rotatable bonds is 7. The van der Waals surface area contributed by atoms with Gasteiger partial charge in [0, 0.05) is 13.2 Å². The zero-order chi connectivity index (χ0) is 9.40. The van der Waals surface area contributed by atoms with Crippen molar-refractivity contribution >= 4 is 0 Å². The van der Waals surface area contributed by atoms with Crippen LogP contribution in [0.25, 0.3) is 0 Å². The first-order valence-electron chi connectivity index (χ1n) is 4.90. The lowest BCUT2D eigenvalue weighted by Crippen LogP contribution is -2.14. The number of hydrogen-bond donors (Lipinski definition) is 0. The summed E-state index contributed by atoms with van der Waals surface area (Å²) < 4.78 is 10.9. The Bertz CT molecular complexity index is 91.8. The Morgan fingerprint density at radius 2 is 1.67 bits per heavy atom. The molecule has 0 heterocycles. The molecule has 0 unspecified atom stereocenters.